The Bertz CT molecular complexity index is 503. The highest BCUT2D eigenvalue weighted by Gasteiger charge is 2.25. The number of anilines is 1. The second-order valence-corrected chi connectivity index (χ2v) is 5.93. The number of carbonyl (C=O) groups excluding carboxylic acids is 1. The van der Waals surface area contributed by atoms with Gasteiger partial charge >= 0.3 is 0 Å². The number of rotatable bonds is 4. The number of aromatic nitrogens is 1. The van der Waals surface area contributed by atoms with E-state index < -0.39 is 0 Å². The fraction of sp³-hybridized carbons (Fsp3) is 0.625. The van der Waals surface area contributed by atoms with Gasteiger partial charge in [-0.15, -0.1) is 0 Å². The minimum absolute atomic E-state index is 0.0276. The van der Waals surface area contributed by atoms with E-state index in [4.69, 9.17) is 0 Å². The van der Waals surface area contributed by atoms with Crippen molar-refractivity contribution < 1.29 is 4.79 Å². The molecule has 1 aliphatic rings. The van der Waals surface area contributed by atoms with Crippen molar-refractivity contribution >= 4 is 11.6 Å². The summed E-state index contributed by atoms with van der Waals surface area (Å²) in [5.41, 5.74) is 2.41. The molecule has 0 saturated carbocycles. The minimum Gasteiger partial charge on any atom is -0.385 e. The molecule has 0 spiro atoms. The zero-order valence-electron chi connectivity index (χ0n) is 13.4. The molecule has 1 aliphatic heterocycles. The van der Waals surface area contributed by atoms with Gasteiger partial charge in [-0.05, 0) is 46.7 Å². The lowest BCUT2D eigenvalue weighted by Crippen LogP contribution is -2.47. The van der Waals surface area contributed by atoms with E-state index in [0.717, 1.165) is 37.3 Å². The molecule has 1 aromatic rings. The van der Waals surface area contributed by atoms with Crippen molar-refractivity contribution in [3.63, 3.8) is 0 Å². The minimum atomic E-state index is -0.0276. The number of amides is 1. The average Bonchev–Trinajstić information content (AvgIpc) is 2.43. The molecular weight excluding hydrogens is 264 g/mol. The van der Waals surface area contributed by atoms with Gasteiger partial charge in [0.15, 0.2) is 0 Å². The van der Waals surface area contributed by atoms with E-state index in [0.29, 0.717) is 11.6 Å². The largest absolute Gasteiger partial charge is 0.385 e. The lowest BCUT2D eigenvalue weighted by molar-refractivity contribution is 0.0897. The van der Waals surface area contributed by atoms with Gasteiger partial charge in [-0.3, -0.25) is 9.78 Å². The van der Waals surface area contributed by atoms with Gasteiger partial charge in [0.25, 0.3) is 5.91 Å². The first-order chi connectivity index (χ1) is 10.0. The van der Waals surface area contributed by atoms with Crippen LogP contribution in [0, 0.1) is 6.92 Å². The van der Waals surface area contributed by atoms with Crippen LogP contribution >= 0.6 is 0 Å². The molecular formula is C16H26N4O. The number of piperidine rings is 1. The zero-order chi connectivity index (χ0) is 15.4. The predicted octanol–water partition coefficient (Wildman–Crippen LogP) is 2.03. The van der Waals surface area contributed by atoms with E-state index in [1.54, 1.807) is 6.20 Å². The molecule has 0 bridgehead atoms. The lowest BCUT2D eigenvalue weighted by Gasteiger charge is -2.35. The molecule has 116 valence electrons. The molecule has 2 heterocycles. The van der Waals surface area contributed by atoms with E-state index in [1.807, 2.05) is 19.9 Å². The molecule has 5 nitrogen and oxygen atoms in total. The van der Waals surface area contributed by atoms with Crippen molar-refractivity contribution in [1.29, 1.82) is 0 Å². The number of carbonyl (C=O) groups is 1. The lowest BCUT2D eigenvalue weighted by atomic mass is 9.98. The Hall–Kier alpha value is -1.62. The van der Waals surface area contributed by atoms with Crippen LogP contribution in [0.2, 0.25) is 0 Å². The molecule has 2 atom stereocenters. The summed E-state index contributed by atoms with van der Waals surface area (Å²) in [6, 6.07) is 2.68. The Kier molecular flexibility index (Phi) is 5.17. The molecule has 2 unspecified atom stereocenters. The van der Waals surface area contributed by atoms with Crippen molar-refractivity contribution in [2.24, 2.45) is 0 Å². The highest BCUT2D eigenvalue weighted by atomic mass is 16.1. The van der Waals surface area contributed by atoms with Crippen LogP contribution < -0.4 is 10.6 Å². The Balaban J connectivity index is 2.06. The first kappa shape index (κ1) is 15.8. The van der Waals surface area contributed by atoms with Gasteiger partial charge in [0.1, 0.15) is 0 Å². The molecule has 0 radical (unpaired) electrons. The van der Waals surface area contributed by atoms with Crippen molar-refractivity contribution in [3.8, 4) is 0 Å². The van der Waals surface area contributed by atoms with Crippen LogP contribution in [0.15, 0.2) is 12.3 Å². The molecule has 2 N–H and O–H groups in total. The quantitative estimate of drug-likeness (QED) is 0.891. The number of nitrogens with zero attached hydrogens (tertiary/aromatic N) is 2. The van der Waals surface area contributed by atoms with Crippen LogP contribution in [0.25, 0.3) is 0 Å². The molecule has 2 rings (SSSR count). The number of hydrogen-bond acceptors (Lipinski definition) is 4. The Morgan fingerprint density at radius 2 is 2.29 bits per heavy atom. The number of pyridine rings is 1. The normalized spacial score (nSPS) is 22.9. The van der Waals surface area contributed by atoms with Gasteiger partial charge in [0.2, 0.25) is 0 Å². The summed E-state index contributed by atoms with van der Waals surface area (Å²) in [4.78, 5) is 19.1. The Morgan fingerprint density at radius 3 is 2.95 bits per heavy atom. The van der Waals surface area contributed by atoms with Gasteiger partial charge in [-0.25, -0.2) is 0 Å². The number of likely N-dealkylation sites (tertiary alicyclic amines) is 1. The van der Waals surface area contributed by atoms with Gasteiger partial charge in [-0.1, -0.05) is 0 Å². The van der Waals surface area contributed by atoms with Gasteiger partial charge < -0.3 is 15.5 Å². The SMILES string of the molecule is CCNc1cc(C)ncc1C(=O)NC1CCN(C)C(C)C1. The number of hydrogen-bond donors (Lipinski definition) is 2. The van der Waals surface area contributed by atoms with Crippen molar-refractivity contribution in [2.45, 2.75) is 45.7 Å². The topological polar surface area (TPSA) is 57.3 Å². The first-order valence-corrected chi connectivity index (χ1v) is 7.73. The molecule has 5 heteroatoms. The zero-order valence-corrected chi connectivity index (χ0v) is 13.4. The van der Waals surface area contributed by atoms with E-state index in [-0.39, 0.29) is 11.9 Å². The Morgan fingerprint density at radius 1 is 1.52 bits per heavy atom. The van der Waals surface area contributed by atoms with Gasteiger partial charge in [0.05, 0.1) is 11.3 Å². The third kappa shape index (κ3) is 3.94. The smallest absolute Gasteiger partial charge is 0.255 e. The fourth-order valence-corrected chi connectivity index (χ4v) is 2.76. The van der Waals surface area contributed by atoms with Crippen molar-refractivity contribution in [3.05, 3.63) is 23.5 Å². The maximum atomic E-state index is 12.5. The fourth-order valence-electron chi connectivity index (χ4n) is 2.76. The first-order valence-electron chi connectivity index (χ1n) is 7.73. The van der Waals surface area contributed by atoms with E-state index in [1.165, 1.54) is 0 Å². The molecule has 21 heavy (non-hydrogen) atoms. The van der Waals surface area contributed by atoms with E-state index >= 15 is 0 Å². The summed E-state index contributed by atoms with van der Waals surface area (Å²) in [6.07, 6.45) is 3.67. The standard InChI is InChI=1S/C16H26N4O/c1-5-17-15-8-11(2)18-10-14(15)16(21)19-13-6-7-20(4)12(3)9-13/h8,10,12-13H,5-7,9H2,1-4H3,(H,17,18)(H,19,21). The Labute approximate surface area is 127 Å². The van der Waals surface area contributed by atoms with E-state index in [2.05, 4.69) is 34.5 Å². The van der Waals surface area contributed by atoms with Gasteiger partial charge in [-0.2, -0.15) is 0 Å². The monoisotopic (exact) mass is 290 g/mol. The summed E-state index contributed by atoms with van der Waals surface area (Å²) in [5.74, 6) is -0.0276. The molecule has 1 amide bonds. The van der Waals surface area contributed by atoms with Crippen LogP contribution in [0.4, 0.5) is 5.69 Å². The second-order valence-electron chi connectivity index (χ2n) is 5.93. The summed E-state index contributed by atoms with van der Waals surface area (Å²) in [5, 5.41) is 6.40. The van der Waals surface area contributed by atoms with Crippen LogP contribution in [0.3, 0.4) is 0 Å². The molecule has 1 aromatic heterocycles. The van der Waals surface area contributed by atoms with Crippen LogP contribution in [0.1, 0.15) is 42.7 Å². The summed E-state index contributed by atoms with van der Waals surface area (Å²) >= 11 is 0. The predicted molar refractivity (Wildman–Crippen MR) is 85.7 cm³/mol. The number of nitrogens with one attached hydrogen (secondary N) is 2. The van der Waals surface area contributed by atoms with E-state index in [9.17, 15) is 4.79 Å². The molecule has 0 aliphatic carbocycles. The summed E-state index contributed by atoms with van der Waals surface area (Å²) < 4.78 is 0. The maximum absolute atomic E-state index is 12.5. The van der Waals surface area contributed by atoms with Crippen LogP contribution in [-0.4, -0.2) is 48.0 Å². The molecule has 1 fully saturated rings. The second kappa shape index (κ2) is 6.89. The number of aryl methyl sites for hydroxylation is 1. The molecule has 1 saturated heterocycles. The van der Waals surface area contributed by atoms with Crippen LogP contribution in [0.5, 0.6) is 0 Å². The highest BCUT2D eigenvalue weighted by Crippen LogP contribution is 2.19. The van der Waals surface area contributed by atoms with Crippen molar-refractivity contribution in [1.82, 2.24) is 15.2 Å². The average molecular weight is 290 g/mol. The highest BCUT2D eigenvalue weighted by molar-refractivity contribution is 5.99. The third-order valence-corrected chi connectivity index (χ3v) is 4.20. The maximum Gasteiger partial charge on any atom is 0.255 e. The third-order valence-electron chi connectivity index (χ3n) is 4.20. The summed E-state index contributed by atoms with van der Waals surface area (Å²) in [6.45, 7) is 7.97. The van der Waals surface area contributed by atoms with Crippen LogP contribution in [-0.2, 0) is 0 Å². The summed E-state index contributed by atoms with van der Waals surface area (Å²) in [7, 11) is 2.13. The molecule has 0 aromatic carbocycles. The van der Waals surface area contributed by atoms with Gasteiger partial charge in [0, 0.05) is 37.1 Å². The van der Waals surface area contributed by atoms with Crippen molar-refractivity contribution in [2.75, 3.05) is 25.5 Å².